The number of hydrogen-bond acceptors (Lipinski definition) is 5. The van der Waals surface area contributed by atoms with Crippen LogP contribution in [0.25, 0.3) is 0 Å². The molecule has 2 aromatic heterocycles. The first-order valence-electron chi connectivity index (χ1n) is 11.2. The number of fused-ring (bicyclic) bond motifs is 1. The highest BCUT2D eigenvalue weighted by molar-refractivity contribution is 6.03. The maximum atomic E-state index is 12.8. The summed E-state index contributed by atoms with van der Waals surface area (Å²) in [5.41, 5.74) is 3.13. The third kappa shape index (κ3) is 7.56. The Morgan fingerprint density at radius 2 is 1.73 bits per heavy atom. The van der Waals surface area contributed by atoms with E-state index in [0.717, 1.165) is 17.1 Å². The summed E-state index contributed by atoms with van der Waals surface area (Å²) in [6, 6.07) is 16.6. The lowest BCUT2D eigenvalue weighted by Crippen LogP contribution is -2.35. The van der Waals surface area contributed by atoms with Crippen LogP contribution in [-0.4, -0.2) is 63.7 Å². The second-order valence-electron chi connectivity index (χ2n) is 7.98. The highest BCUT2D eigenvalue weighted by atomic mass is 19.4. The molecule has 12 heteroatoms. The van der Waals surface area contributed by atoms with E-state index >= 15 is 0 Å². The SMILES string of the molecule is COc1ccc(NC(=O)c2ccc3n2CCN(C(=O)Cc2ccccn2)CC3)cc1.O=C(O)C(F)(F)F. The van der Waals surface area contributed by atoms with Crippen molar-refractivity contribution < 1.29 is 37.4 Å². The van der Waals surface area contributed by atoms with Crippen molar-refractivity contribution in [3.63, 3.8) is 0 Å². The summed E-state index contributed by atoms with van der Waals surface area (Å²) in [6.45, 7) is 1.78. The van der Waals surface area contributed by atoms with E-state index in [2.05, 4.69) is 10.3 Å². The van der Waals surface area contributed by atoms with Crippen molar-refractivity contribution in [3.8, 4) is 5.75 Å². The van der Waals surface area contributed by atoms with Crippen LogP contribution in [0.4, 0.5) is 18.9 Å². The minimum Gasteiger partial charge on any atom is -0.497 e. The van der Waals surface area contributed by atoms with Crippen molar-refractivity contribution in [2.45, 2.75) is 25.6 Å². The van der Waals surface area contributed by atoms with Crippen LogP contribution in [0.1, 0.15) is 21.9 Å². The zero-order chi connectivity index (χ0) is 27.0. The molecule has 0 fully saturated rings. The van der Waals surface area contributed by atoms with Gasteiger partial charge in [0.05, 0.1) is 13.5 Å². The Bertz CT molecular complexity index is 1230. The first-order chi connectivity index (χ1) is 17.6. The van der Waals surface area contributed by atoms with Crippen molar-refractivity contribution in [3.05, 3.63) is 77.9 Å². The number of ether oxygens (including phenoxy) is 1. The number of nitrogens with one attached hydrogen (secondary N) is 1. The molecule has 3 heterocycles. The first-order valence-corrected chi connectivity index (χ1v) is 11.2. The average molecular weight is 518 g/mol. The van der Waals surface area contributed by atoms with Gasteiger partial charge in [0, 0.05) is 49.3 Å². The zero-order valence-corrected chi connectivity index (χ0v) is 19.9. The fraction of sp³-hybridized carbons (Fsp3) is 0.280. The monoisotopic (exact) mass is 518 g/mol. The molecule has 0 unspecified atom stereocenters. The zero-order valence-electron chi connectivity index (χ0n) is 19.9. The van der Waals surface area contributed by atoms with Gasteiger partial charge in [-0.25, -0.2) is 4.79 Å². The number of aromatic nitrogens is 2. The lowest BCUT2D eigenvalue weighted by Gasteiger charge is -2.20. The summed E-state index contributed by atoms with van der Waals surface area (Å²) in [4.78, 5) is 40.5. The molecule has 4 rings (SSSR count). The molecular weight excluding hydrogens is 493 g/mol. The summed E-state index contributed by atoms with van der Waals surface area (Å²) in [6.07, 6.45) is -2.38. The molecule has 0 bridgehead atoms. The predicted molar refractivity (Wildman–Crippen MR) is 127 cm³/mol. The van der Waals surface area contributed by atoms with Crippen LogP contribution in [0, 0.1) is 0 Å². The Balaban J connectivity index is 0.000000479. The summed E-state index contributed by atoms with van der Waals surface area (Å²) in [7, 11) is 1.61. The van der Waals surface area contributed by atoms with Crippen molar-refractivity contribution in [1.82, 2.24) is 14.5 Å². The molecule has 2 N–H and O–H groups in total. The molecule has 0 aliphatic carbocycles. The largest absolute Gasteiger partial charge is 0.497 e. The van der Waals surface area contributed by atoms with E-state index in [1.807, 2.05) is 39.8 Å². The maximum absolute atomic E-state index is 12.8. The molecule has 2 amide bonds. The van der Waals surface area contributed by atoms with Gasteiger partial charge < -0.3 is 24.6 Å². The Morgan fingerprint density at radius 1 is 1.03 bits per heavy atom. The van der Waals surface area contributed by atoms with E-state index in [0.29, 0.717) is 43.9 Å². The minimum atomic E-state index is -5.08. The third-order valence-corrected chi connectivity index (χ3v) is 5.54. The average Bonchev–Trinajstić information content (AvgIpc) is 3.16. The number of anilines is 1. The number of carboxylic acid groups (broad SMARTS) is 1. The number of benzene rings is 1. The molecule has 0 radical (unpaired) electrons. The number of carboxylic acids is 1. The van der Waals surface area contributed by atoms with E-state index in [1.165, 1.54) is 0 Å². The minimum absolute atomic E-state index is 0.0590. The molecule has 0 spiro atoms. The van der Waals surface area contributed by atoms with Crippen LogP contribution in [0.3, 0.4) is 0 Å². The molecule has 0 saturated carbocycles. The van der Waals surface area contributed by atoms with E-state index < -0.39 is 12.1 Å². The van der Waals surface area contributed by atoms with E-state index in [9.17, 15) is 22.8 Å². The smallest absolute Gasteiger partial charge is 0.490 e. The fourth-order valence-corrected chi connectivity index (χ4v) is 3.66. The highest BCUT2D eigenvalue weighted by Crippen LogP contribution is 2.19. The molecule has 1 aliphatic rings. The van der Waals surface area contributed by atoms with Gasteiger partial charge in [0.2, 0.25) is 5.91 Å². The molecule has 0 saturated heterocycles. The van der Waals surface area contributed by atoms with Gasteiger partial charge in [-0.3, -0.25) is 14.6 Å². The number of alkyl halides is 3. The molecule has 196 valence electrons. The summed E-state index contributed by atoms with van der Waals surface area (Å²) in [5, 5.41) is 10.1. The topological polar surface area (TPSA) is 114 Å². The number of amides is 2. The number of methoxy groups -OCH3 is 1. The van der Waals surface area contributed by atoms with Crippen LogP contribution in [-0.2, 0) is 29.0 Å². The summed E-state index contributed by atoms with van der Waals surface area (Å²) < 4.78 is 38.9. The summed E-state index contributed by atoms with van der Waals surface area (Å²) >= 11 is 0. The lowest BCUT2D eigenvalue weighted by molar-refractivity contribution is -0.192. The molecule has 9 nitrogen and oxygen atoms in total. The van der Waals surface area contributed by atoms with Crippen LogP contribution < -0.4 is 10.1 Å². The molecule has 1 aromatic carbocycles. The van der Waals surface area contributed by atoms with Gasteiger partial charge in [-0.2, -0.15) is 13.2 Å². The van der Waals surface area contributed by atoms with Crippen molar-refractivity contribution in [2.24, 2.45) is 0 Å². The van der Waals surface area contributed by atoms with E-state index in [1.54, 1.807) is 37.6 Å². The van der Waals surface area contributed by atoms with Crippen molar-refractivity contribution in [2.75, 3.05) is 25.5 Å². The normalized spacial score (nSPS) is 12.9. The highest BCUT2D eigenvalue weighted by Gasteiger charge is 2.38. The number of carbonyl (C=O) groups excluding carboxylic acids is 2. The standard InChI is InChI=1S/C23H24N4O3.C2HF3O2/c1-30-20-8-5-17(6-9-20)25-23(29)21-10-7-19-11-13-26(14-15-27(19)21)22(28)16-18-4-2-3-12-24-18;3-2(4,5)1(6)7/h2-10,12H,11,13-16H2,1H3,(H,25,29);(H,6,7). The van der Waals surface area contributed by atoms with Gasteiger partial charge >= 0.3 is 12.1 Å². The predicted octanol–water partition coefficient (Wildman–Crippen LogP) is 3.40. The van der Waals surface area contributed by atoms with Crippen LogP contribution in [0.2, 0.25) is 0 Å². The number of nitrogens with zero attached hydrogens (tertiary/aromatic N) is 3. The maximum Gasteiger partial charge on any atom is 0.490 e. The van der Waals surface area contributed by atoms with Gasteiger partial charge in [-0.15, -0.1) is 0 Å². The Kier molecular flexibility index (Phi) is 8.88. The van der Waals surface area contributed by atoms with Gasteiger partial charge in [-0.1, -0.05) is 6.07 Å². The molecule has 3 aromatic rings. The number of hydrogen-bond donors (Lipinski definition) is 2. The van der Waals surface area contributed by atoms with Gasteiger partial charge in [-0.05, 0) is 48.5 Å². The molecule has 1 aliphatic heterocycles. The van der Waals surface area contributed by atoms with Crippen LogP contribution in [0.5, 0.6) is 5.75 Å². The van der Waals surface area contributed by atoms with Gasteiger partial charge in [0.15, 0.2) is 0 Å². The van der Waals surface area contributed by atoms with Crippen molar-refractivity contribution in [1.29, 1.82) is 0 Å². The Hall–Kier alpha value is -4.35. The third-order valence-electron chi connectivity index (χ3n) is 5.54. The number of aliphatic carboxylic acids is 1. The number of carbonyl (C=O) groups is 3. The molecule has 0 atom stereocenters. The van der Waals surface area contributed by atoms with Gasteiger partial charge in [0.25, 0.3) is 5.91 Å². The Labute approximate surface area is 210 Å². The second kappa shape index (κ2) is 12.1. The lowest BCUT2D eigenvalue weighted by atomic mass is 10.2. The van der Waals surface area contributed by atoms with Crippen molar-refractivity contribution >= 4 is 23.5 Å². The number of rotatable bonds is 5. The number of halogens is 3. The van der Waals surface area contributed by atoms with E-state index in [-0.39, 0.29) is 11.8 Å². The fourth-order valence-electron chi connectivity index (χ4n) is 3.66. The van der Waals surface area contributed by atoms with E-state index in [4.69, 9.17) is 14.6 Å². The van der Waals surface area contributed by atoms with Gasteiger partial charge in [0.1, 0.15) is 11.4 Å². The molecular formula is C25H25F3N4O5. The van der Waals surface area contributed by atoms with Crippen LogP contribution in [0.15, 0.2) is 60.8 Å². The quantitative estimate of drug-likeness (QED) is 0.535. The summed E-state index contributed by atoms with van der Waals surface area (Å²) in [5.74, 6) is -2.13. The van der Waals surface area contributed by atoms with Crippen LogP contribution >= 0.6 is 0 Å². The second-order valence-corrected chi connectivity index (χ2v) is 7.98. The number of pyridine rings is 1. The Morgan fingerprint density at radius 3 is 2.32 bits per heavy atom. The first kappa shape index (κ1) is 27.2. The molecule has 37 heavy (non-hydrogen) atoms.